The van der Waals surface area contributed by atoms with E-state index < -0.39 is 0 Å². The third kappa shape index (κ3) is 2.91. The molecule has 4 heteroatoms. The average molecular weight is 288 g/mol. The quantitative estimate of drug-likeness (QED) is 0.927. The average Bonchev–Trinajstić information content (AvgIpc) is 3.16. The van der Waals surface area contributed by atoms with E-state index in [9.17, 15) is 4.79 Å². The van der Waals surface area contributed by atoms with Gasteiger partial charge in [-0.05, 0) is 30.5 Å². The van der Waals surface area contributed by atoms with Crippen LogP contribution in [0.2, 0.25) is 0 Å². The van der Waals surface area contributed by atoms with E-state index in [1.165, 1.54) is 18.4 Å². The van der Waals surface area contributed by atoms with Crippen LogP contribution in [0.5, 0.6) is 5.75 Å². The Morgan fingerprint density at radius 2 is 2.05 bits per heavy atom. The molecule has 1 aliphatic heterocycles. The minimum atomic E-state index is 0.0162. The van der Waals surface area contributed by atoms with Crippen LogP contribution in [-0.2, 0) is 4.79 Å². The Balaban J connectivity index is 1.71. The van der Waals surface area contributed by atoms with Crippen molar-refractivity contribution in [3.8, 4) is 5.75 Å². The number of nitrogens with zero attached hydrogens (tertiary/aromatic N) is 1. The van der Waals surface area contributed by atoms with Crippen molar-refractivity contribution < 1.29 is 9.53 Å². The zero-order chi connectivity index (χ0) is 14.8. The molecular weight excluding hydrogens is 264 g/mol. The Kier molecular flexibility index (Phi) is 4.15. The molecule has 2 atom stereocenters. The van der Waals surface area contributed by atoms with E-state index in [0.29, 0.717) is 12.5 Å². The summed E-state index contributed by atoms with van der Waals surface area (Å²) < 4.78 is 5.28. The highest BCUT2D eigenvalue weighted by molar-refractivity contribution is 5.79. The van der Waals surface area contributed by atoms with Gasteiger partial charge in [0.2, 0.25) is 5.91 Å². The number of benzene rings is 1. The maximum Gasteiger partial charge on any atom is 0.225 e. The van der Waals surface area contributed by atoms with Gasteiger partial charge in [-0.3, -0.25) is 4.79 Å². The third-order valence-corrected chi connectivity index (χ3v) is 4.90. The summed E-state index contributed by atoms with van der Waals surface area (Å²) in [6.45, 7) is 1.42. The van der Waals surface area contributed by atoms with Crippen LogP contribution in [0.15, 0.2) is 24.3 Å². The number of hydrogen-bond donors (Lipinski definition) is 1. The van der Waals surface area contributed by atoms with Crippen molar-refractivity contribution in [3.63, 3.8) is 0 Å². The van der Waals surface area contributed by atoms with Gasteiger partial charge in [0.15, 0.2) is 0 Å². The molecule has 4 nitrogen and oxygen atoms in total. The fourth-order valence-corrected chi connectivity index (χ4v) is 3.66. The molecule has 0 spiro atoms. The molecule has 1 aromatic carbocycles. The van der Waals surface area contributed by atoms with E-state index in [0.717, 1.165) is 25.1 Å². The Hall–Kier alpha value is -1.55. The van der Waals surface area contributed by atoms with E-state index in [1.54, 1.807) is 7.11 Å². The van der Waals surface area contributed by atoms with E-state index in [-0.39, 0.29) is 17.9 Å². The summed E-state index contributed by atoms with van der Waals surface area (Å²) in [7, 11) is 1.67. The van der Waals surface area contributed by atoms with Gasteiger partial charge in [0.1, 0.15) is 5.75 Å². The summed E-state index contributed by atoms with van der Waals surface area (Å²) in [5.74, 6) is 1.61. The number of rotatable bonds is 3. The summed E-state index contributed by atoms with van der Waals surface area (Å²) in [5, 5.41) is 0. The molecule has 2 fully saturated rings. The topological polar surface area (TPSA) is 55.6 Å². The molecule has 1 aromatic rings. The largest absolute Gasteiger partial charge is 0.497 e. The number of nitrogens with two attached hydrogens (primary N) is 1. The fraction of sp³-hybridized carbons (Fsp3) is 0.588. The standard InChI is InChI=1S/C17H24N2O2/c1-21-14-8-4-7-13(9-14)15-10-19(11-16(15)18)17(20)12-5-2-3-6-12/h4,7-9,12,15-16H,2-3,5-6,10-11,18H2,1H3/t15-,16+/m1/s1. The molecule has 2 aliphatic rings. The van der Waals surface area contributed by atoms with Crippen LogP contribution in [0.1, 0.15) is 37.2 Å². The summed E-state index contributed by atoms with van der Waals surface area (Å²) in [6, 6.07) is 8.06. The Bertz CT molecular complexity index is 511. The van der Waals surface area contributed by atoms with Crippen LogP contribution in [-0.4, -0.2) is 37.0 Å². The molecule has 1 aliphatic carbocycles. The van der Waals surface area contributed by atoms with Crippen LogP contribution in [0.3, 0.4) is 0 Å². The molecule has 1 heterocycles. The van der Waals surface area contributed by atoms with Gasteiger partial charge in [0.05, 0.1) is 7.11 Å². The summed E-state index contributed by atoms with van der Waals surface area (Å²) in [5.41, 5.74) is 7.46. The van der Waals surface area contributed by atoms with Gasteiger partial charge in [-0.1, -0.05) is 25.0 Å². The first-order chi connectivity index (χ1) is 10.2. The lowest BCUT2D eigenvalue weighted by Gasteiger charge is -2.20. The minimum absolute atomic E-state index is 0.0162. The molecule has 2 N–H and O–H groups in total. The van der Waals surface area contributed by atoms with Crippen LogP contribution >= 0.6 is 0 Å². The van der Waals surface area contributed by atoms with Crippen molar-refractivity contribution in [1.29, 1.82) is 0 Å². The van der Waals surface area contributed by atoms with Crippen LogP contribution < -0.4 is 10.5 Å². The van der Waals surface area contributed by atoms with Gasteiger partial charge in [0, 0.05) is 31.0 Å². The zero-order valence-corrected chi connectivity index (χ0v) is 12.6. The molecular formula is C17H24N2O2. The Morgan fingerprint density at radius 1 is 1.29 bits per heavy atom. The predicted octanol–water partition coefficient (Wildman–Crippen LogP) is 2.14. The van der Waals surface area contributed by atoms with E-state index >= 15 is 0 Å². The number of carbonyl (C=O) groups is 1. The summed E-state index contributed by atoms with van der Waals surface area (Å²) >= 11 is 0. The first-order valence-electron chi connectivity index (χ1n) is 7.87. The third-order valence-electron chi connectivity index (χ3n) is 4.90. The van der Waals surface area contributed by atoms with Crippen LogP contribution in [0.25, 0.3) is 0 Å². The molecule has 3 rings (SSSR count). The first kappa shape index (κ1) is 14.4. The molecule has 21 heavy (non-hydrogen) atoms. The fourth-order valence-electron chi connectivity index (χ4n) is 3.66. The zero-order valence-electron chi connectivity index (χ0n) is 12.6. The highest BCUT2D eigenvalue weighted by Crippen LogP contribution is 2.32. The SMILES string of the molecule is COc1cccc([C@H]2CN(C(=O)C3CCCC3)C[C@@H]2N)c1. The maximum absolute atomic E-state index is 12.5. The number of ether oxygens (including phenoxy) is 1. The van der Waals surface area contributed by atoms with Gasteiger partial charge in [-0.25, -0.2) is 0 Å². The summed E-state index contributed by atoms with van der Waals surface area (Å²) in [4.78, 5) is 14.5. The van der Waals surface area contributed by atoms with Crippen LogP contribution in [0, 0.1) is 5.92 Å². The first-order valence-corrected chi connectivity index (χ1v) is 7.87. The molecule has 1 saturated carbocycles. The van der Waals surface area contributed by atoms with Crippen molar-refractivity contribution in [2.75, 3.05) is 20.2 Å². The molecule has 1 amide bonds. The van der Waals surface area contributed by atoms with Crippen molar-refractivity contribution in [2.45, 2.75) is 37.6 Å². The second-order valence-corrected chi connectivity index (χ2v) is 6.27. The van der Waals surface area contributed by atoms with Crippen LogP contribution in [0.4, 0.5) is 0 Å². The van der Waals surface area contributed by atoms with Crippen molar-refractivity contribution >= 4 is 5.91 Å². The monoisotopic (exact) mass is 288 g/mol. The molecule has 0 bridgehead atoms. The van der Waals surface area contributed by atoms with Crippen molar-refractivity contribution in [2.24, 2.45) is 11.7 Å². The van der Waals surface area contributed by atoms with Crippen molar-refractivity contribution in [1.82, 2.24) is 4.90 Å². The van der Waals surface area contributed by atoms with E-state index in [1.807, 2.05) is 23.1 Å². The Morgan fingerprint density at radius 3 is 2.76 bits per heavy atom. The number of likely N-dealkylation sites (tertiary alicyclic amines) is 1. The highest BCUT2D eigenvalue weighted by atomic mass is 16.5. The molecule has 0 radical (unpaired) electrons. The normalized spacial score (nSPS) is 26.3. The number of methoxy groups -OCH3 is 1. The van der Waals surface area contributed by atoms with Gasteiger partial charge >= 0.3 is 0 Å². The maximum atomic E-state index is 12.5. The number of amides is 1. The Labute approximate surface area is 126 Å². The molecule has 0 unspecified atom stereocenters. The lowest BCUT2D eigenvalue weighted by Crippen LogP contribution is -2.35. The molecule has 0 aromatic heterocycles. The lowest BCUT2D eigenvalue weighted by atomic mass is 9.95. The molecule has 114 valence electrons. The predicted molar refractivity (Wildman–Crippen MR) is 82.2 cm³/mol. The second-order valence-electron chi connectivity index (χ2n) is 6.27. The minimum Gasteiger partial charge on any atom is -0.497 e. The van der Waals surface area contributed by atoms with Crippen molar-refractivity contribution in [3.05, 3.63) is 29.8 Å². The number of carbonyl (C=O) groups excluding carboxylic acids is 1. The van der Waals surface area contributed by atoms with E-state index in [4.69, 9.17) is 10.5 Å². The number of hydrogen-bond acceptors (Lipinski definition) is 3. The lowest BCUT2D eigenvalue weighted by molar-refractivity contribution is -0.134. The molecule has 1 saturated heterocycles. The van der Waals surface area contributed by atoms with Gasteiger partial charge in [-0.2, -0.15) is 0 Å². The highest BCUT2D eigenvalue weighted by Gasteiger charge is 2.37. The second kappa shape index (κ2) is 6.06. The summed E-state index contributed by atoms with van der Waals surface area (Å²) in [6.07, 6.45) is 4.48. The van der Waals surface area contributed by atoms with Gasteiger partial charge < -0.3 is 15.4 Å². The van der Waals surface area contributed by atoms with E-state index in [2.05, 4.69) is 6.07 Å². The van der Waals surface area contributed by atoms with Gasteiger partial charge in [0.25, 0.3) is 0 Å². The smallest absolute Gasteiger partial charge is 0.225 e. The van der Waals surface area contributed by atoms with Gasteiger partial charge in [-0.15, -0.1) is 0 Å².